The van der Waals surface area contributed by atoms with Crippen LogP contribution in [0.2, 0.25) is 0 Å². The van der Waals surface area contributed by atoms with Gasteiger partial charge in [-0.15, -0.1) is 0 Å². The lowest BCUT2D eigenvalue weighted by Gasteiger charge is -2.50. The summed E-state index contributed by atoms with van der Waals surface area (Å²) in [5.74, 6) is 0.170. The Hall–Kier alpha value is -2.38. The number of carbonyl (C=O) groups excluding carboxylic acids is 2. The fraction of sp³-hybridized carbons (Fsp3) is 0.462. The second-order valence-corrected chi connectivity index (χ2v) is 10.0. The maximum absolute atomic E-state index is 14.0. The normalized spacial score (nSPS) is 20.8. The van der Waals surface area contributed by atoms with E-state index in [0.29, 0.717) is 25.1 Å². The minimum absolute atomic E-state index is 0.00242. The fourth-order valence-electron chi connectivity index (χ4n) is 4.80. The molecular formula is C26H34BrN3O3. The number of phenols is 1. The predicted molar refractivity (Wildman–Crippen MR) is 134 cm³/mol. The number of hydrogen-bond donors (Lipinski definition) is 3. The molecule has 178 valence electrons. The predicted octanol–water partition coefficient (Wildman–Crippen LogP) is 4.14. The van der Waals surface area contributed by atoms with Crippen LogP contribution in [-0.2, 0) is 15.0 Å². The van der Waals surface area contributed by atoms with Crippen LogP contribution in [0.4, 0.5) is 0 Å². The lowest BCUT2D eigenvalue weighted by molar-refractivity contribution is -0.146. The van der Waals surface area contributed by atoms with Crippen molar-refractivity contribution in [1.29, 1.82) is 0 Å². The number of aromatic hydroxyl groups is 1. The van der Waals surface area contributed by atoms with Gasteiger partial charge in [0, 0.05) is 29.5 Å². The number of rotatable bonds is 9. The number of piperidine rings is 1. The third-order valence-corrected chi connectivity index (χ3v) is 6.75. The van der Waals surface area contributed by atoms with E-state index in [1.807, 2.05) is 43.4 Å². The first kappa shape index (κ1) is 25.2. The molecule has 1 heterocycles. The zero-order valence-corrected chi connectivity index (χ0v) is 21.2. The molecule has 0 saturated carbocycles. The number of amides is 2. The molecule has 0 bridgehead atoms. The smallest absolute Gasteiger partial charge is 0.233 e. The molecule has 33 heavy (non-hydrogen) atoms. The van der Waals surface area contributed by atoms with Crippen molar-refractivity contribution in [2.75, 3.05) is 26.7 Å². The summed E-state index contributed by atoms with van der Waals surface area (Å²) < 4.78 is 0.786. The molecule has 3 rings (SSSR count). The summed E-state index contributed by atoms with van der Waals surface area (Å²) in [6.45, 7) is 5.94. The van der Waals surface area contributed by atoms with Gasteiger partial charge in [-0.05, 0) is 56.1 Å². The number of hydrogen-bond acceptors (Lipinski definition) is 4. The third-order valence-electron chi connectivity index (χ3n) is 6.26. The van der Waals surface area contributed by atoms with Crippen molar-refractivity contribution >= 4 is 27.7 Å². The Morgan fingerprint density at radius 2 is 1.94 bits per heavy atom. The van der Waals surface area contributed by atoms with Gasteiger partial charge in [0.15, 0.2) is 0 Å². The number of nitrogens with zero attached hydrogens (tertiary/aromatic N) is 1. The lowest BCUT2D eigenvalue weighted by Crippen LogP contribution is -2.59. The molecule has 0 aliphatic carbocycles. The van der Waals surface area contributed by atoms with E-state index in [1.165, 1.54) is 0 Å². The Bertz CT molecular complexity index is 967. The molecule has 1 aliphatic heterocycles. The molecule has 2 aromatic carbocycles. The second-order valence-electron chi connectivity index (χ2n) is 9.10. The molecule has 2 amide bonds. The number of halogens is 1. The number of nitrogens with one attached hydrogen (secondary N) is 2. The van der Waals surface area contributed by atoms with Crippen LogP contribution in [0.5, 0.6) is 5.75 Å². The molecule has 2 atom stereocenters. The average molecular weight is 516 g/mol. The van der Waals surface area contributed by atoms with Gasteiger partial charge in [0.1, 0.15) is 5.75 Å². The van der Waals surface area contributed by atoms with Crippen LogP contribution in [-0.4, -0.2) is 48.5 Å². The van der Waals surface area contributed by atoms with E-state index in [1.54, 1.807) is 17.0 Å². The van der Waals surface area contributed by atoms with Gasteiger partial charge in [-0.3, -0.25) is 9.59 Å². The molecule has 1 aliphatic rings. The second kappa shape index (κ2) is 11.2. The summed E-state index contributed by atoms with van der Waals surface area (Å²) in [4.78, 5) is 29.1. The van der Waals surface area contributed by atoms with Crippen molar-refractivity contribution in [3.63, 3.8) is 0 Å². The zero-order valence-electron chi connectivity index (χ0n) is 19.6. The SMILES string of the molecule is CNCCCNC(=O)C1(c2ccccc2)CCC(=O)N(CC(C)C)C1c1cc(Br)ccc1O. The van der Waals surface area contributed by atoms with Gasteiger partial charge in [-0.2, -0.15) is 0 Å². The molecular weight excluding hydrogens is 482 g/mol. The quantitative estimate of drug-likeness (QED) is 0.438. The van der Waals surface area contributed by atoms with Crippen molar-refractivity contribution in [1.82, 2.24) is 15.5 Å². The average Bonchev–Trinajstić information content (AvgIpc) is 2.80. The van der Waals surface area contributed by atoms with Crippen molar-refractivity contribution in [2.45, 2.75) is 44.6 Å². The number of likely N-dealkylation sites (tertiary alicyclic amines) is 1. The molecule has 2 aromatic rings. The maximum Gasteiger partial charge on any atom is 0.233 e. The molecule has 2 unspecified atom stereocenters. The highest BCUT2D eigenvalue weighted by Crippen LogP contribution is 2.51. The van der Waals surface area contributed by atoms with Crippen LogP contribution in [0.3, 0.4) is 0 Å². The molecule has 0 radical (unpaired) electrons. The first-order valence-corrected chi connectivity index (χ1v) is 12.4. The van der Waals surface area contributed by atoms with Gasteiger partial charge in [0.25, 0.3) is 0 Å². The molecule has 1 saturated heterocycles. The van der Waals surface area contributed by atoms with Gasteiger partial charge in [0.05, 0.1) is 11.5 Å². The standard InChI is InChI=1S/C26H34BrN3O3/c1-18(2)17-30-23(32)12-13-26(19-8-5-4-6-9-19,25(33)29-15-7-14-28-3)24(30)21-16-20(27)10-11-22(21)31/h4-6,8-11,16,18,24,28,31H,7,12-15,17H2,1-3H3,(H,29,33). The highest BCUT2D eigenvalue weighted by Gasteiger charge is 2.55. The van der Waals surface area contributed by atoms with Crippen LogP contribution in [0.1, 0.15) is 50.3 Å². The first-order chi connectivity index (χ1) is 15.8. The summed E-state index contributed by atoms with van der Waals surface area (Å²) in [6.07, 6.45) is 1.45. The highest BCUT2D eigenvalue weighted by molar-refractivity contribution is 9.10. The van der Waals surface area contributed by atoms with E-state index in [0.717, 1.165) is 23.0 Å². The molecule has 0 spiro atoms. The summed E-state index contributed by atoms with van der Waals surface area (Å²) in [7, 11) is 1.88. The topological polar surface area (TPSA) is 81.7 Å². The van der Waals surface area contributed by atoms with Crippen LogP contribution < -0.4 is 10.6 Å². The number of phenolic OH excluding ortho intramolecular Hbond substituents is 1. The van der Waals surface area contributed by atoms with E-state index in [4.69, 9.17) is 0 Å². The van der Waals surface area contributed by atoms with Gasteiger partial charge in [0.2, 0.25) is 11.8 Å². The first-order valence-electron chi connectivity index (χ1n) is 11.6. The monoisotopic (exact) mass is 515 g/mol. The van der Waals surface area contributed by atoms with E-state index in [9.17, 15) is 14.7 Å². The maximum atomic E-state index is 14.0. The van der Waals surface area contributed by atoms with Gasteiger partial charge < -0.3 is 20.6 Å². The Labute approximate surface area is 204 Å². The number of benzene rings is 2. The Kier molecular flexibility index (Phi) is 8.54. The largest absolute Gasteiger partial charge is 0.508 e. The third kappa shape index (κ3) is 5.41. The van der Waals surface area contributed by atoms with Crippen LogP contribution in [0.15, 0.2) is 53.0 Å². The van der Waals surface area contributed by atoms with E-state index in [-0.39, 0.29) is 29.9 Å². The Balaban J connectivity index is 2.21. The van der Waals surface area contributed by atoms with Crippen LogP contribution >= 0.6 is 15.9 Å². The Morgan fingerprint density at radius 3 is 2.61 bits per heavy atom. The minimum atomic E-state index is -1.03. The van der Waals surface area contributed by atoms with E-state index < -0.39 is 11.5 Å². The number of carbonyl (C=O) groups is 2. The molecule has 6 nitrogen and oxygen atoms in total. The van der Waals surface area contributed by atoms with E-state index >= 15 is 0 Å². The molecule has 0 aromatic heterocycles. The van der Waals surface area contributed by atoms with Gasteiger partial charge >= 0.3 is 0 Å². The van der Waals surface area contributed by atoms with Crippen molar-refractivity contribution < 1.29 is 14.7 Å². The lowest BCUT2D eigenvalue weighted by atomic mass is 9.65. The van der Waals surface area contributed by atoms with Crippen molar-refractivity contribution in [3.8, 4) is 5.75 Å². The van der Waals surface area contributed by atoms with Crippen molar-refractivity contribution in [3.05, 3.63) is 64.1 Å². The van der Waals surface area contributed by atoms with Crippen LogP contribution in [0.25, 0.3) is 0 Å². The summed E-state index contributed by atoms with van der Waals surface area (Å²) in [5.41, 5.74) is 0.399. The highest BCUT2D eigenvalue weighted by atomic mass is 79.9. The van der Waals surface area contributed by atoms with Gasteiger partial charge in [-0.25, -0.2) is 0 Å². The molecule has 1 fully saturated rings. The zero-order chi connectivity index (χ0) is 24.0. The summed E-state index contributed by atoms with van der Waals surface area (Å²) >= 11 is 3.52. The summed E-state index contributed by atoms with van der Waals surface area (Å²) in [6, 6.07) is 14.3. The van der Waals surface area contributed by atoms with Crippen molar-refractivity contribution in [2.24, 2.45) is 5.92 Å². The Morgan fingerprint density at radius 1 is 1.21 bits per heavy atom. The molecule has 7 heteroatoms. The minimum Gasteiger partial charge on any atom is -0.508 e. The van der Waals surface area contributed by atoms with Crippen LogP contribution in [0, 0.1) is 5.92 Å². The van der Waals surface area contributed by atoms with E-state index in [2.05, 4.69) is 40.4 Å². The van der Waals surface area contributed by atoms with Gasteiger partial charge in [-0.1, -0.05) is 60.1 Å². The molecule has 3 N–H and O–H groups in total. The fourth-order valence-corrected chi connectivity index (χ4v) is 5.18. The summed E-state index contributed by atoms with van der Waals surface area (Å²) in [5, 5.41) is 17.2.